The predicted molar refractivity (Wildman–Crippen MR) is 74.8 cm³/mol. The molecule has 2 N–H and O–H groups in total. The normalized spacial score (nSPS) is 31.5. The Morgan fingerprint density at radius 3 is 2.78 bits per heavy atom. The maximum absolute atomic E-state index is 9.13. The summed E-state index contributed by atoms with van der Waals surface area (Å²) < 4.78 is 0. The van der Waals surface area contributed by atoms with Crippen LogP contribution in [0.15, 0.2) is 0 Å². The van der Waals surface area contributed by atoms with Gasteiger partial charge < -0.3 is 15.3 Å². The topological polar surface area (TPSA) is 38.7 Å². The Kier molecular flexibility index (Phi) is 5.42. The first-order valence-corrected chi connectivity index (χ1v) is 7.53. The molecule has 2 fully saturated rings. The number of hydrogen-bond donors (Lipinski definition) is 2. The molecule has 0 aliphatic carbocycles. The van der Waals surface area contributed by atoms with Gasteiger partial charge in [-0.05, 0) is 45.8 Å². The number of rotatable bonds is 6. The molecule has 18 heavy (non-hydrogen) atoms. The van der Waals surface area contributed by atoms with Crippen molar-refractivity contribution in [1.82, 2.24) is 15.1 Å². The Bertz CT molecular complexity index is 243. The van der Waals surface area contributed by atoms with Crippen molar-refractivity contribution >= 4 is 0 Å². The molecule has 4 nitrogen and oxygen atoms in total. The second kappa shape index (κ2) is 6.85. The molecule has 3 atom stereocenters. The fraction of sp³-hybridized carbons (Fsp3) is 1.00. The van der Waals surface area contributed by atoms with Crippen molar-refractivity contribution in [2.75, 3.05) is 39.8 Å². The third-order valence-electron chi connectivity index (χ3n) is 4.68. The number of nitrogens with one attached hydrogen (secondary N) is 1. The van der Waals surface area contributed by atoms with Crippen LogP contribution in [0.3, 0.4) is 0 Å². The summed E-state index contributed by atoms with van der Waals surface area (Å²) in [5.41, 5.74) is 0. The molecule has 3 unspecified atom stereocenters. The molecule has 4 heteroatoms. The molecule has 0 aromatic rings. The highest BCUT2D eigenvalue weighted by molar-refractivity contribution is 4.91. The highest BCUT2D eigenvalue weighted by atomic mass is 16.3. The molecule has 2 heterocycles. The molecule has 0 aromatic carbocycles. The molecule has 2 aliphatic heterocycles. The summed E-state index contributed by atoms with van der Waals surface area (Å²) in [4.78, 5) is 5.19. The van der Waals surface area contributed by atoms with Crippen molar-refractivity contribution in [3.05, 3.63) is 0 Å². The van der Waals surface area contributed by atoms with E-state index in [1.165, 1.54) is 32.4 Å². The van der Waals surface area contributed by atoms with Crippen molar-refractivity contribution in [2.45, 2.75) is 50.7 Å². The lowest BCUT2D eigenvalue weighted by Crippen LogP contribution is -2.44. The van der Waals surface area contributed by atoms with Gasteiger partial charge >= 0.3 is 0 Å². The molecular weight excluding hydrogens is 226 g/mol. The van der Waals surface area contributed by atoms with Crippen LogP contribution in [0.1, 0.15) is 32.6 Å². The van der Waals surface area contributed by atoms with Gasteiger partial charge in [0, 0.05) is 37.8 Å². The smallest absolute Gasteiger partial charge is 0.0446 e. The maximum atomic E-state index is 9.13. The van der Waals surface area contributed by atoms with Gasteiger partial charge in [-0.25, -0.2) is 0 Å². The fourth-order valence-electron chi connectivity index (χ4n) is 3.56. The van der Waals surface area contributed by atoms with E-state index >= 15 is 0 Å². The van der Waals surface area contributed by atoms with Gasteiger partial charge in [-0.1, -0.05) is 6.92 Å². The van der Waals surface area contributed by atoms with Crippen molar-refractivity contribution in [3.8, 4) is 0 Å². The van der Waals surface area contributed by atoms with Gasteiger partial charge in [0.2, 0.25) is 0 Å². The number of likely N-dealkylation sites (N-methyl/N-ethyl adjacent to an activating group) is 2. The highest BCUT2D eigenvalue weighted by Gasteiger charge is 2.34. The molecule has 0 amide bonds. The Morgan fingerprint density at radius 2 is 2.06 bits per heavy atom. The molecule has 2 bridgehead atoms. The predicted octanol–water partition coefficient (Wildman–Crippen LogP) is 0.515. The minimum atomic E-state index is 0.289. The van der Waals surface area contributed by atoms with Crippen LogP contribution >= 0.6 is 0 Å². The van der Waals surface area contributed by atoms with Crippen LogP contribution < -0.4 is 5.32 Å². The van der Waals surface area contributed by atoms with Gasteiger partial charge in [0.1, 0.15) is 0 Å². The highest BCUT2D eigenvalue weighted by Crippen LogP contribution is 2.28. The van der Waals surface area contributed by atoms with Crippen molar-refractivity contribution in [3.63, 3.8) is 0 Å². The van der Waals surface area contributed by atoms with Crippen LogP contribution in [-0.2, 0) is 0 Å². The summed E-state index contributed by atoms with van der Waals surface area (Å²) in [6.45, 7) is 6.94. The molecule has 106 valence electrons. The van der Waals surface area contributed by atoms with Gasteiger partial charge in [-0.2, -0.15) is 0 Å². The zero-order valence-electron chi connectivity index (χ0n) is 11.9. The lowest BCUT2D eigenvalue weighted by molar-refractivity contribution is 0.189. The minimum Gasteiger partial charge on any atom is -0.396 e. The second-order valence-corrected chi connectivity index (χ2v) is 5.87. The van der Waals surface area contributed by atoms with Crippen LogP contribution in [0.2, 0.25) is 0 Å². The van der Waals surface area contributed by atoms with E-state index in [0.29, 0.717) is 6.04 Å². The van der Waals surface area contributed by atoms with E-state index < -0.39 is 0 Å². The number of nitrogens with zero attached hydrogens (tertiary/aromatic N) is 2. The number of fused-ring (bicyclic) bond motifs is 2. The maximum Gasteiger partial charge on any atom is 0.0446 e. The third-order valence-corrected chi connectivity index (χ3v) is 4.68. The van der Waals surface area contributed by atoms with E-state index in [0.717, 1.165) is 31.6 Å². The average molecular weight is 255 g/mol. The first kappa shape index (κ1) is 14.3. The van der Waals surface area contributed by atoms with E-state index in [4.69, 9.17) is 5.11 Å². The summed E-state index contributed by atoms with van der Waals surface area (Å²) in [6.07, 6.45) is 4.94. The van der Waals surface area contributed by atoms with Crippen LogP contribution in [-0.4, -0.2) is 72.9 Å². The van der Waals surface area contributed by atoms with Crippen LogP contribution in [0, 0.1) is 0 Å². The number of likely N-dealkylation sites (tertiary alicyclic amines) is 1. The Labute approximate surface area is 111 Å². The van der Waals surface area contributed by atoms with Gasteiger partial charge in [-0.3, -0.25) is 4.90 Å². The van der Waals surface area contributed by atoms with Crippen LogP contribution in [0.25, 0.3) is 0 Å². The average Bonchev–Trinajstić information content (AvgIpc) is 2.58. The van der Waals surface area contributed by atoms with E-state index in [2.05, 4.69) is 29.1 Å². The quantitative estimate of drug-likeness (QED) is 0.726. The minimum absolute atomic E-state index is 0.289. The summed E-state index contributed by atoms with van der Waals surface area (Å²) in [5.74, 6) is 0. The summed E-state index contributed by atoms with van der Waals surface area (Å²) in [7, 11) is 2.29. The van der Waals surface area contributed by atoms with Crippen molar-refractivity contribution in [1.29, 1.82) is 0 Å². The van der Waals surface area contributed by atoms with Gasteiger partial charge in [0.15, 0.2) is 0 Å². The largest absolute Gasteiger partial charge is 0.396 e. The van der Waals surface area contributed by atoms with E-state index in [1.807, 2.05) is 0 Å². The van der Waals surface area contributed by atoms with Crippen molar-refractivity contribution < 1.29 is 5.11 Å². The van der Waals surface area contributed by atoms with Gasteiger partial charge in [0.25, 0.3) is 0 Å². The monoisotopic (exact) mass is 255 g/mol. The Morgan fingerprint density at radius 1 is 1.28 bits per heavy atom. The van der Waals surface area contributed by atoms with E-state index in [9.17, 15) is 0 Å². The molecule has 0 spiro atoms. The number of aliphatic hydroxyl groups is 1. The Hall–Kier alpha value is -0.160. The Balaban J connectivity index is 1.85. The first-order chi connectivity index (χ1) is 8.74. The molecule has 0 saturated carbocycles. The summed E-state index contributed by atoms with van der Waals surface area (Å²) >= 11 is 0. The zero-order chi connectivity index (χ0) is 13.0. The van der Waals surface area contributed by atoms with E-state index in [-0.39, 0.29) is 6.61 Å². The molecule has 0 aromatic heterocycles. The summed E-state index contributed by atoms with van der Waals surface area (Å²) in [6, 6.07) is 2.02. The van der Waals surface area contributed by atoms with Crippen LogP contribution in [0.4, 0.5) is 0 Å². The van der Waals surface area contributed by atoms with E-state index in [1.54, 1.807) is 0 Å². The fourth-order valence-corrected chi connectivity index (χ4v) is 3.56. The van der Waals surface area contributed by atoms with Gasteiger partial charge in [0.05, 0.1) is 0 Å². The summed E-state index contributed by atoms with van der Waals surface area (Å²) in [5, 5.41) is 12.6. The first-order valence-electron chi connectivity index (χ1n) is 7.53. The SMILES string of the molecule is CCNC(CCO)CN1CCC2CCC(C1)N2C. The molecule has 0 radical (unpaired) electrons. The number of aliphatic hydroxyl groups excluding tert-OH is 1. The molecule has 2 rings (SSSR count). The second-order valence-electron chi connectivity index (χ2n) is 5.87. The molecule has 2 saturated heterocycles. The lowest BCUT2D eigenvalue weighted by Gasteiger charge is -2.29. The zero-order valence-corrected chi connectivity index (χ0v) is 11.9. The molecule has 2 aliphatic rings. The molecular formula is C14H29N3O. The van der Waals surface area contributed by atoms with Gasteiger partial charge in [-0.15, -0.1) is 0 Å². The number of hydrogen-bond acceptors (Lipinski definition) is 4. The third kappa shape index (κ3) is 3.44. The lowest BCUT2D eigenvalue weighted by atomic mass is 10.1. The standard InChI is InChI=1S/C14H29N3O/c1-3-15-12(7-9-18)10-17-8-6-13-4-5-14(11-17)16(13)2/h12-15,18H,3-11H2,1-2H3. The van der Waals surface area contributed by atoms with Crippen LogP contribution in [0.5, 0.6) is 0 Å². The van der Waals surface area contributed by atoms with Crippen molar-refractivity contribution in [2.24, 2.45) is 0 Å².